The maximum Gasteiger partial charge on any atom is 0.00940 e. The second-order valence-corrected chi connectivity index (χ2v) is 7.50. The summed E-state index contributed by atoms with van der Waals surface area (Å²) in [6.45, 7) is 11.1. The Morgan fingerprint density at radius 3 is 2.45 bits per heavy atom. The molecule has 2 aliphatic rings. The van der Waals surface area contributed by atoms with Gasteiger partial charge in [-0.05, 0) is 63.6 Å². The summed E-state index contributed by atoms with van der Waals surface area (Å²) < 4.78 is 0. The van der Waals surface area contributed by atoms with Crippen molar-refractivity contribution < 1.29 is 0 Å². The Hall–Kier alpha value is -0.0800. The van der Waals surface area contributed by atoms with Crippen LogP contribution >= 0.6 is 0 Å². The van der Waals surface area contributed by atoms with Gasteiger partial charge < -0.3 is 10.2 Å². The van der Waals surface area contributed by atoms with Gasteiger partial charge in [-0.2, -0.15) is 0 Å². The van der Waals surface area contributed by atoms with E-state index in [2.05, 4.69) is 31.0 Å². The van der Waals surface area contributed by atoms with Crippen molar-refractivity contribution in [2.24, 2.45) is 11.8 Å². The fourth-order valence-electron chi connectivity index (χ4n) is 4.02. The molecule has 2 nitrogen and oxygen atoms in total. The summed E-state index contributed by atoms with van der Waals surface area (Å²) in [6.07, 6.45) is 11.2. The van der Waals surface area contributed by atoms with E-state index < -0.39 is 0 Å². The lowest BCUT2D eigenvalue weighted by Gasteiger charge is -2.38. The molecule has 20 heavy (non-hydrogen) atoms. The molecule has 1 saturated carbocycles. The monoisotopic (exact) mass is 280 g/mol. The van der Waals surface area contributed by atoms with E-state index in [4.69, 9.17) is 0 Å². The van der Waals surface area contributed by atoms with Crippen LogP contribution in [-0.4, -0.2) is 36.6 Å². The van der Waals surface area contributed by atoms with Crippen molar-refractivity contribution in [2.75, 3.05) is 19.6 Å². The van der Waals surface area contributed by atoms with Crippen LogP contribution in [0.4, 0.5) is 0 Å². The summed E-state index contributed by atoms with van der Waals surface area (Å²) >= 11 is 0. The van der Waals surface area contributed by atoms with Crippen LogP contribution in [0, 0.1) is 11.8 Å². The third-order valence-electron chi connectivity index (χ3n) is 5.54. The minimum Gasteiger partial charge on any atom is -0.311 e. The number of hydrogen-bond donors (Lipinski definition) is 1. The lowest BCUT2D eigenvalue weighted by molar-refractivity contribution is 0.166. The number of likely N-dealkylation sites (tertiary alicyclic amines) is 1. The molecule has 118 valence electrons. The molecule has 0 spiro atoms. The van der Waals surface area contributed by atoms with Crippen LogP contribution in [0.5, 0.6) is 0 Å². The van der Waals surface area contributed by atoms with Crippen LogP contribution < -0.4 is 5.32 Å². The molecule has 1 aliphatic heterocycles. The number of hydrogen-bond acceptors (Lipinski definition) is 2. The molecule has 0 aromatic heterocycles. The standard InChI is InChI=1S/C18H36N2/c1-4-5-11-20-12-9-17(10-13-20)19-18-8-6-7-16(14-18)15(2)3/h15-19H,4-14H2,1-3H3. The van der Waals surface area contributed by atoms with Gasteiger partial charge in [-0.15, -0.1) is 0 Å². The molecule has 0 bridgehead atoms. The number of nitrogens with zero attached hydrogens (tertiary/aromatic N) is 1. The zero-order valence-electron chi connectivity index (χ0n) is 14.0. The van der Waals surface area contributed by atoms with Gasteiger partial charge in [-0.1, -0.05) is 40.0 Å². The lowest BCUT2D eigenvalue weighted by Crippen LogP contribution is -2.47. The SMILES string of the molecule is CCCCN1CCC(NC2CCCC(C(C)C)C2)CC1. The average Bonchev–Trinajstić information content (AvgIpc) is 2.47. The molecular weight excluding hydrogens is 244 g/mol. The Labute approximate surface area is 126 Å². The smallest absolute Gasteiger partial charge is 0.00940 e. The molecule has 2 fully saturated rings. The van der Waals surface area contributed by atoms with Gasteiger partial charge >= 0.3 is 0 Å². The first-order chi connectivity index (χ1) is 9.69. The Morgan fingerprint density at radius 1 is 1.05 bits per heavy atom. The van der Waals surface area contributed by atoms with Gasteiger partial charge in [0.25, 0.3) is 0 Å². The Balaban J connectivity index is 1.67. The zero-order chi connectivity index (χ0) is 14.4. The molecule has 2 unspecified atom stereocenters. The van der Waals surface area contributed by atoms with E-state index in [1.165, 1.54) is 71.0 Å². The highest BCUT2D eigenvalue weighted by atomic mass is 15.1. The number of unbranched alkanes of at least 4 members (excludes halogenated alkanes) is 1. The highest BCUT2D eigenvalue weighted by molar-refractivity contribution is 4.85. The van der Waals surface area contributed by atoms with Crippen molar-refractivity contribution >= 4 is 0 Å². The third-order valence-corrected chi connectivity index (χ3v) is 5.54. The van der Waals surface area contributed by atoms with Crippen LogP contribution in [0.3, 0.4) is 0 Å². The first kappa shape index (κ1) is 16.3. The minimum absolute atomic E-state index is 0.795. The molecule has 0 aromatic rings. The molecule has 1 N–H and O–H groups in total. The minimum atomic E-state index is 0.795. The van der Waals surface area contributed by atoms with Crippen molar-refractivity contribution in [1.29, 1.82) is 0 Å². The molecule has 2 rings (SSSR count). The second-order valence-electron chi connectivity index (χ2n) is 7.50. The molecule has 2 heteroatoms. The van der Waals surface area contributed by atoms with Crippen molar-refractivity contribution in [3.05, 3.63) is 0 Å². The van der Waals surface area contributed by atoms with Crippen molar-refractivity contribution in [1.82, 2.24) is 10.2 Å². The van der Waals surface area contributed by atoms with Gasteiger partial charge in [0, 0.05) is 12.1 Å². The average molecular weight is 280 g/mol. The summed E-state index contributed by atoms with van der Waals surface area (Å²) in [6, 6.07) is 1.60. The first-order valence-electron chi connectivity index (χ1n) is 9.17. The largest absolute Gasteiger partial charge is 0.311 e. The molecule has 0 aromatic carbocycles. The molecule has 0 radical (unpaired) electrons. The van der Waals surface area contributed by atoms with Gasteiger partial charge in [0.2, 0.25) is 0 Å². The number of rotatable bonds is 6. The van der Waals surface area contributed by atoms with Gasteiger partial charge in [0.1, 0.15) is 0 Å². The van der Waals surface area contributed by atoms with Crippen LogP contribution in [0.2, 0.25) is 0 Å². The van der Waals surface area contributed by atoms with E-state index in [1.54, 1.807) is 0 Å². The molecule has 1 aliphatic carbocycles. The first-order valence-corrected chi connectivity index (χ1v) is 9.17. The number of piperidine rings is 1. The van der Waals surface area contributed by atoms with Crippen LogP contribution in [0.1, 0.15) is 72.1 Å². The van der Waals surface area contributed by atoms with Crippen LogP contribution in [-0.2, 0) is 0 Å². The Morgan fingerprint density at radius 2 is 1.80 bits per heavy atom. The Kier molecular flexibility index (Phi) is 6.83. The van der Waals surface area contributed by atoms with E-state index in [1.807, 2.05) is 0 Å². The predicted molar refractivity (Wildman–Crippen MR) is 88.1 cm³/mol. The summed E-state index contributed by atoms with van der Waals surface area (Å²) in [5.41, 5.74) is 0. The summed E-state index contributed by atoms with van der Waals surface area (Å²) in [5.74, 6) is 1.83. The Bertz CT molecular complexity index is 256. The van der Waals surface area contributed by atoms with Crippen molar-refractivity contribution in [3.8, 4) is 0 Å². The van der Waals surface area contributed by atoms with Gasteiger partial charge in [-0.25, -0.2) is 0 Å². The quantitative estimate of drug-likeness (QED) is 0.789. The number of nitrogens with one attached hydrogen (secondary N) is 1. The van der Waals surface area contributed by atoms with E-state index in [9.17, 15) is 0 Å². The summed E-state index contributed by atoms with van der Waals surface area (Å²) in [5, 5.41) is 3.99. The molecule has 1 saturated heterocycles. The second kappa shape index (κ2) is 8.38. The van der Waals surface area contributed by atoms with Gasteiger partial charge in [-0.3, -0.25) is 0 Å². The van der Waals surface area contributed by atoms with Gasteiger partial charge in [0.15, 0.2) is 0 Å². The van der Waals surface area contributed by atoms with Gasteiger partial charge in [0.05, 0.1) is 0 Å². The maximum absolute atomic E-state index is 3.99. The van der Waals surface area contributed by atoms with E-state index in [-0.39, 0.29) is 0 Å². The summed E-state index contributed by atoms with van der Waals surface area (Å²) in [7, 11) is 0. The molecule has 2 atom stereocenters. The summed E-state index contributed by atoms with van der Waals surface area (Å²) in [4.78, 5) is 2.67. The fraction of sp³-hybridized carbons (Fsp3) is 1.00. The third kappa shape index (κ3) is 5.04. The highest BCUT2D eigenvalue weighted by Crippen LogP contribution is 2.30. The van der Waals surface area contributed by atoms with E-state index >= 15 is 0 Å². The van der Waals surface area contributed by atoms with Crippen molar-refractivity contribution in [3.63, 3.8) is 0 Å². The predicted octanol–water partition coefficient (Wildman–Crippen LogP) is 4.06. The van der Waals surface area contributed by atoms with E-state index in [0.29, 0.717) is 0 Å². The normalized spacial score (nSPS) is 30.0. The maximum atomic E-state index is 3.99. The highest BCUT2D eigenvalue weighted by Gasteiger charge is 2.27. The fourth-order valence-corrected chi connectivity index (χ4v) is 4.02. The zero-order valence-corrected chi connectivity index (χ0v) is 14.0. The van der Waals surface area contributed by atoms with Crippen LogP contribution in [0.15, 0.2) is 0 Å². The topological polar surface area (TPSA) is 15.3 Å². The molecular formula is C18H36N2. The van der Waals surface area contributed by atoms with E-state index in [0.717, 1.165) is 23.9 Å². The van der Waals surface area contributed by atoms with Crippen LogP contribution in [0.25, 0.3) is 0 Å². The van der Waals surface area contributed by atoms with Crippen molar-refractivity contribution in [2.45, 2.75) is 84.2 Å². The molecule has 0 amide bonds. The molecule has 1 heterocycles. The lowest BCUT2D eigenvalue weighted by atomic mass is 9.79.